The SMILES string of the molecule is C[C@@H](O)[C@H](N)c1nc(-c2cccc(F)c2)no1. The van der Waals surface area contributed by atoms with Crippen LogP contribution in [0.15, 0.2) is 28.8 Å². The third-order valence-electron chi connectivity index (χ3n) is 2.33. The molecule has 2 rings (SSSR count). The predicted octanol–water partition coefficient (Wildman–Crippen LogP) is 1.26. The lowest BCUT2D eigenvalue weighted by atomic mass is 10.2. The van der Waals surface area contributed by atoms with Gasteiger partial charge in [-0.05, 0) is 19.1 Å². The summed E-state index contributed by atoms with van der Waals surface area (Å²) in [5.74, 6) is -0.0106. The second-order valence-corrected chi connectivity index (χ2v) is 3.73. The van der Waals surface area contributed by atoms with E-state index in [0.717, 1.165) is 0 Å². The van der Waals surface area contributed by atoms with Crippen LogP contribution >= 0.6 is 0 Å². The molecule has 90 valence electrons. The fraction of sp³-hybridized carbons (Fsp3) is 0.273. The van der Waals surface area contributed by atoms with Crippen LogP contribution in [0.4, 0.5) is 4.39 Å². The first-order valence-electron chi connectivity index (χ1n) is 5.11. The highest BCUT2D eigenvalue weighted by Gasteiger charge is 2.19. The number of aliphatic hydroxyl groups excluding tert-OH is 1. The Bertz CT molecular complexity index is 513. The lowest BCUT2D eigenvalue weighted by molar-refractivity contribution is 0.146. The first-order valence-corrected chi connectivity index (χ1v) is 5.11. The predicted molar refractivity (Wildman–Crippen MR) is 58.3 cm³/mol. The number of aliphatic hydroxyl groups is 1. The summed E-state index contributed by atoms with van der Waals surface area (Å²) in [6, 6.07) is 5.08. The monoisotopic (exact) mass is 237 g/mol. The molecule has 1 aromatic carbocycles. The maximum Gasteiger partial charge on any atom is 0.246 e. The zero-order chi connectivity index (χ0) is 12.4. The summed E-state index contributed by atoms with van der Waals surface area (Å²) in [4.78, 5) is 4.01. The smallest absolute Gasteiger partial charge is 0.246 e. The van der Waals surface area contributed by atoms with Crippen molar-refractivity contribution in [1.82, 2.24) is 10.1 Å². The van der Waals surface area contributed by atoms with Crippen LogP contribution in [0.5, 0.6) is 0 Å². The van der Waals surface area contributed by atoms with Crippen LogP contribution in [0.1, 0.15) is 18.9 Å². The second kappa shape index (κ2) is 4.60. The molecule has 0 unspecified atom stereocenters. The molecule has 5 nitrogen and oxygen atoms in total. The van der Waals surface area contributed by atoms with Crippen molar-refractivity contribution in [2.45, 2.75) is 19.1 Å². The number of hydrogen-bond donors (Lipinski definition) is 2. The number of hydrogen-bond acceptors (Lipinski definition) is 5. The Morgan fingerprint density at radius 2 is 2.24 bits per heavy atom. The molecular formula is C11H12FN3O2. The van der Waals surface area contributed by atoms with Crippen LogP contribution in [-0.4, -0.2) is 21.4 Å². The van der Waals surface area contributed by atoms with Gasteiger partial charge in [-0.2, -0.15) is 4.98 Å². The summed E-state index contributed by atoms with van der Waals surface area (Å²) < 4.78 is 17.9. The number of halogens is 1. The fourth-order valence-electron chi connectivity index (χ4n) is 1.32. The molecule has 17 heavy (non-hydrogen) atoms. The van der Waals surface area contributed by atoms with Gasteiger partial charge in [0, 0.05) is 5.56 Å². The molecule has 0 saturated carbocycles. The highest BCUT2D eigenvalue weighted by atomic mass is 19.1. The minimum absolute atomic E-state index is 0.124. The molecule has 0 spiro atoms. The van der Waals surface area contributed by atoms with Gasteiger partial charge >= 0.3 is 0 Å². The number of nitrogens with zero attached hydrogens (tertiary/aromatic N) is 2. The first kappa shape index (κ1) is 11.7. The van der Waals surface area contributed by atoms with Crippen LogP contribution in [0.2, 0.25) is 0 Å². The highest BCUT2D eigenvalue weighted by molar-refractivity contribution is 5.53. The summed E-state index contributed by atoms with van der Waals surface area (Å²) in [6.45, 7) is 1.52. The topological polar surface area (TPSA) is 85.2 Å². The van der Waals surface area contributed by atoms with Gasteiger partial charge in [0.2, 0.25) is 11.7 Å². The van der Waals surface area contributed by atoms with Gasteiger partial charge in [0.25, 0.3) is 0 Å². The zero-order valence-electron chi connectivity index (χ0n) is 9.17. The number of rotatable bonds is 3. The van der Waals surface area contributed by atoms with Gasteiger partial charge in [0.05, 0.1) is 6.10 Å². The molecule has 0 aliphatic carbocycles. The molecule has 1 heterocycles. The van der Waals surface area contributed by atoms with Crippen LogP contribution in [-0.2, 0) is 0 Å². The van der Waals surface area contributed by atoms with Gasteiger partial charge < -0.3 is 15.4 Å². The van der Waals surface area contributed by atoms with Crippen molar-refractivity contribution in [2.24, 2.45) is 5.73 Å². The quantitative estimate of drug-likeness (QED) is 0.839. The van der Waals surface area contributed by atoms with Crippen molar-refractivity contribution >= 4 is 0 Å². The highest BCUT2D eigenvalue weighted by Crippen LogP contribution is 2.19. The number of benzene rings is 1. The molecule has 1 aromatic heterocycles. The molecule has 0 fully saturated rings. The molecule has 0 aliphatic rings. The Hall–Kier alpha value is -1.79. The maximum atomic E-state index is 13.0. The average Bonchev–Trinajstić information content (AvgIpc) is 2.77. The van der Waals surface area contributed by atoms with Crippen molar-refractivity contribution in [1.29, 1.82) is 0 Å². The molecule has 2 atom stereocenters. The summed E-state index contributed by atoms with van der Waals surface area (Å²) in [7, 11) is 0. The van der Waals surface area contributed by atoms with E-state index in [1.807, 2.05) is 0 Å². The van der Waals surface area contributed by atoms with Gasteiger partial charge in [-0.25, -0.2) is 4.39 Å². The minimum Gasteiger partial charge on any atom is -0.391 e. The molecule has 0 bridgehead atoms. The third kappa shape index (κ3) is 2.48. The Labute approximate surface area is 97.1 Å². The first-order chi connectivity index (χ1) is 8.08. The molecule has 0 radical (unpaired) electrons. The van der Waals surface area contributed by atoms with E-state index in [9.17, 15) is 9.50 Å². The van der Waals surface area contributed by atoms with Gasteiger partial charge in [-0.15, -0.1) is 0 Å². The standard InChI is InChI=1S/C11H12FN3O2/c1-6(16)9(13)11-14-10(15-17-11)7-3-2-4-8(12)5-7/h2-6,9,16H,13H2,1H3/t6-,9+/m1/s1. The summed E-state index contributed by atoms with van der Waals surface area (Å²) in [5, 5.41) is 13.0. The number of aromatic nitrogens is 2. The molecule has 0 saturated heterocycles. The Kier molecular flexibility index (Phi) is 3.16. The van der Waals surface area contributed by atoms with Crippen molar-refractivity contribution < 1.29 is 14.0 Å². The Morgan fingerprint density at radius 1 is 1.47 bits per heavy atom. The molecule has 0 aliphatic heterocycles. The third-order valence-corrected chi connectivity index (χ3v) is 2.33. The lowest BCUT2D eigenvalue weighted by Gasteiger charge is -2.08. The van der Waals surface area contributed by atoms with E-state index in [1.54, 1.807) is 12.1 Å². The normalized spacial score (nSPS) is 14.6. The van der Waals surface area contributed by atoms with E-state index in [4.69, 9.17) is 10.3 Å². The van der Waals surface area contributed by atoms with Crippen molar-refractivity contribution in [3.05, 3.63) is 36.0 Å². The molecule has 2 aromatic rings. The van der Waals surface area contributed by atoms with Crippen LogP contribution < -0.4 is 5.73 Å². The Balaban J connectivity index is 2.30. The van der Waals surface area contributed by atoms with Gasteiger partial charge in [0.1, 0.15) is 11.9 Å². The maximum absolute atomic E-state index is 13.0. The second-order valence-electron chi connectivity index (χ2n) is 3.73. The minimum atomic E-state index is -0.796. The summed E-state index contributed by atoms with van der Waals surface area (Å²) >= 11 is 0. The molecular weight excluding hydrogens is 225 g/mol. The van der Waals surface area contributed by atoms with E-state index in [-0.39, 0.29) is 17.5 Å². The fourth-order valence-corrected chi connectivity index (χ4v) is 1.32. The molecule has 3 N–H and O–H groups in total. The van der Waals surface area contributed by atoms with Crippen molar-refractivity contribution in [2.75, 3.05) is 0 Å². The van der Waals surface area contributed by atoms with E-state index in [0.29, 0.717) is 5.56 Å². The summed E-state index contributed by atoms with van der Waals surface area (Å²) in [6.07, 6.45) is -0.796. The van der Waals surface area contributed by atoms with Crippen molar-refractivity contribution in [3.63, 3.8) is 0 Å². The van der Waals surface area contributed by atoms with Gasteiger partial charge in [0.15, 0.2) is 0 Å². The van der Waals surface area contributed by atoms with Crippen LogP contribution in [0, 0.1) is 5.82 Å². The van der Waals surface area contributed by atoms with Gasteiger partial charge in [-0.1, -0.05) is 17.3 Å². The summed E-state index contributed by atoms with van der Waals surface area (Å²) in [5.41, 5.74) is 6.14. The van der Waals surface area contributed by atoms with Crippen LogP contribution in [0.25, 0.3) is 11.4 Å². The lowest BCUT2D eigenvalue weighted by Crippen LogP contribution is -2.23. The largest absolute Gasteiger partial charge is 0.391 e. The van der Waals surface area contributed by atoms with E-state index in [1.165, 1.54) is 19.1 Å². The van der Waals surface area contributed by atoms with Gasteiger partial charge in [-0.3, -0.25) is 0 Å². The van der Waals surface area contributed by atoms with E-state index < -0.39 is 12.1 Å². The molecule has 0 amide bonds. The zero-order valence-corrected chi connectivity index (χ0v) is 9.17. The van der Waals surface area contributed by atoms with E-state index in [2.05, 4.69) is 10.1 Å². The Morgan fingerprint density at radius 3 is 2.88 bits per heavy atom. The van der Waals surface area contributed by atoms with Crippen LogP contribution in [0.3, 0.4) is 0 Å². The average molecular weight is 237 g/mol. The van der Waals surface area contributed by atoms with Crippen molar-refractivity contribution in [3.8, 4) is 11.4 Å². The molecule has 6 heteroatoms. The number of nitrogens with two attached hydrogens (primary N) is 1. The van der Waals surface area contributed by atoms with E-state index >= 15 is 0 Å².